The maximum atomic E-state index is 9.40. The van der Waals surface area contributed by atoms with Crippen LogP contribution in [-0.4, -0.2) is 35.7 Å². The summed E-state index contributed by atoms with van der Waals surface area (Å²) in [6, 6.07) is 0.628. The third-order valence-electron chi connectivity index (χ3n) is 2.60. The lowest BCUT2D eigenvalue weighted by Crippen LogP contribution is -2.41. The van der Waals surface area contributed by atoms with Gasteiger partial charge in [0.05, 0.1) is 6.10 Å². The van der Waals surface area contributed by atoms with Crippen LogP contribution in [-0.2, 0) is 0 Å². The van der Waals surface area contributed by atoms with E-state index in [0.29, 0.717) is 6.04 Å². The molecular weight excluding hydrogens is 138 g/mol. The summed E-state index contributed by atoms with van der Waals surface area (Å²) in [5, 5.41) is 9.40. The molecule has 0 bridgehead atoms. The second-order valence-corrected chi connectivity index (χ2v) is 3.60. The average Bonchev–Trinajstić information content (AvgIpc) is 1.98. The lowest BCUT2D eigenvalue weighted by molar-refractivity contribution is 0.0522. The molecule has 0 saturated carbocycles. The van der Waals surface area contributed by atoms with Crippen LogP contribution in [0.3, 0.4) is 0 Å². The first kappa shape index (κ1) is 9.01. The zero-order chi connectivity index (χ0) is 8.27. The summed E-state index contributed by atoms with van der Waals surface area (Å²) in [4.78, 5) is 2.37. The lowest BCUT2D eigenvalue weighted by Gasteiger charge is -2.34. The Kier molecular flexibility index (Phi) is 3.34. The number of likely N-dealkylation sites (tertiary alicyclic amines) is 1. The Labute approximate surface area is 69.2 Å². The molecule has 1 heterocycles. The van der Waals surface area contributed by atoms with Crippen LogP contribution < -0.4 is 0 Å². The van der Waals surface area contributed by atoms with Crippen molar-refractivity contribution in [3.8, 4) is 0 Å². The van der Waals surface area contributed by atoms with Gasteiger partial charge in [-0.1, -0.05) is 13.3 Å². The molecule has 1 saturated heterocycles. The molecule has 1 N–H and O–H groups in total. The summed E-state index contributed by atoms with van der Waals surface area (Å²) in [7, 11) is 2.16. The van der Waals surface area contributed by atoms with Gasteiger partial charge in [-0.3, -0.25) is 0 Å². The number of piperidine rings is 1. The van der Waals surface area contributed by atoms with E-state index in [1.165, 1.54) is 12.8 Å². The summed E-state index contributed by atoms with van der Waals surface area (Å²) >= 11 is 0. The number of rotatable bonds is 2. The van der Waals surface area contributed by atoms with Gasteiger partial charge in [-0.25, -0.2) is 0 Å². The highest BCUT2D eigenvalue weighted by Crippen LogP contribution is 2.19. The Balaban J connectivity index is 2.34. The molecule has 2 unspecified atom stereocenters. The van der Waals surface area contributed by atoms with E-state index in [9.17, 15) is 5.11 Å². The molecule has 11 heavy (non-hydrogen) atoms. The highest BCUT2D eigenvalue weighted by atomic mass is 16.3. The van der Waals surface area contributed by atoms with Crippen molar-refractivity contribution >= 4 is 0 Å². The molecule has 0 radical (unpaired) electrons. The van der Waals surface area contributed by atoms with Gasteiger partial charge in [0.1, 0.15) is 0 Å². The molecule has 0 amide bonds. The predicted octanol–water partition coefficient (Wildman–Crippen LogP) is 1.24. The van der Waals surface area contributed by atoms with E-state index in [2.05, 4.69) is 18.9 Å². The third-order valence-corrected chi connectivity index (χ3v) is 2.60. The van der Waals surface area contributed by atoms with Crippen molar-refractivity contribution in [3.05, 3.63) is 0 Å². The van der Waals surface area contributed by atoms with Crippen LogP contribution in [0.25, 0.3) is 0 Å². The van der Waals surface area contributed by atoms with Crippen LogP contribution in [0.15, 0.2) is 0 Å². The Morgan fingerprint density at radius 1 is 1.55 bits per heavy atom. The van der Waals surface area contributed by atoms with E-state index in [1.807, 2.05) is 0 Å². The van der Waals surface area contributed by atoms with Crippen LogP contribution in [0.1, 0.15) is 32.6 Å². The number of aliphatic hydroxyl groups is 1. The number of hydrogen-bond acceptors (Lipinski definition) is 2. The molecule has 0 aromatic heterocycles. The molecule has 0 aromatic rings. The SMILES string of the molecule is CCCC1CC(O)CCN1C. The molecule has 0 aliphatic carbocycles. The van der Waals surface area contributed by atoms with Crippen molar-refractivity contribution < 1.29 is 5.11 Å². The highest BCUT2D eigenvalue weighted by Gasteiger charge is 2.23. The average molecular weight is 157 g/mol. The Hall–Kier alpha value is -0.0800. The molecule has 0 spiro atoms. The topological polar surface area (TPSA) is 23.5 Å². The van der Waals surface area contributed by atoms with Gasteiger partial charge < -0.3 is 10.0 Å². The smallest absolute Gasteiger partial charge is 0.0567 e. The summed E-state index contributed by atoms with van der Waals surface area (Å²) in [6.07, 6.45) is 4.35. The van der Waals surface area contributed by atoms with E-state index in [0.717, 1.165) is 19.4 Å². The maximum Gasteiger partial charge on any atom is 0.0567 e. The predicted molar refractivity (Wildman–Crippen MR) is 46.6 cm³/mol. The first-order chi connectivity index (χ1) is 5.24. The van der Waals surface area contributed by atoms with Crippen LogP contribution in [0.4, 0.5) is 0 Å². The second-order valence-electron chi connectivity index (χ2n) is 3.60. The van der Waals surface area contributed by atoms with Crippen LogP contribution in [0, 0.1) is 0 Å². The quantitative estimate of drug-likeness (QED) is 0.652. The third kappa shape index (κ3) is 2.46. The summed E-state index contributed by atoms with van der Waals surface area (Å²) < 4.78 is 0. The minimum atomic E-state index is -0.0391. The normalized spacial score (nSPS) is 34.1. The van der Waals surface area contributed by atoms with Crippen molar-refractivity contribution in [1.82, 2.24) is 4.90 Å². The van der Waals surface area contributed by atoms with Crippen molar-refractivity contribution in [2.75, 3.05) is 13.6 Å². The molecule has 66 valence electrons. The maximum absolute atomic E-state index is 9.40. The molecule has 1 fully saturated rings. The zero-order valence-corrected chi connectivity index (χ0v) is 7.58. The largest absolute Gasteiger partial charge is 0.393 e. The molecular formula is C9H19NO. The molecule has 2 nitrogen and oxygen atoms in total. The first-order valence-electron chi connectivity index (χ1n) is 4.62. The standard InChI is InChI=1S/C9H19NO/c1-3-4-8-7-9(11)5-6-10(8)2/h8-9,11H,3-7H2,1-2H3. The molecule has 1 rings (SSSR count). The van der Waals surface area contributed by atoms with Crippen LogP contribution in [0.2, 0.25) is 0 Å². The number of nitrogens with zero attached hydrogens (tertiary/aromatic N) is 1. The van der Waals surface area contributed by atoms with Crippen molar-refractivity contribution in [2.45, 2.75) is 44.8 Å². The number of aliphatic hydroxyl groups excluding tert-OH is 1. The first-order valence-corrected chi connectivity index (χ1v) is 4.62. The van der Waals surface area contributed by atoms with Gasteiger partial charge >= 0.3 is 0 Å². The van der Waals surface area contributed by atoms with E-state index < -0.39 is 0 Å². The molecule has 1 aliphatic heterocycles. The molecule has 1 aliphatic rings. The minimum Gasteiger partial charge on any atom is -0.393 e. The summed E-state index contributed by atoms with van der Waals surface area (Å²) in [5.41, 5.74) is 0. The fourth-order valence-corrected chi connectivity index (χ4v) is 1.82. The van der Waals surface area contributed by atoms with Crippen LogP contribution in [0.5, 0.6) is 0 Å². The van der Waals surface area contributed by atoms with E-state index in [4.69, 9.17) is 0 Å². The molecule has 2 atom stereocenters. The van der Waals surface area contributed by atoms with E-state index >= 15 is 0 Å². The lowest BCUT2D eigenvalue weighted by atomic mass is 9.97. The molecule has 2 heteroatoms. The van der Waals surface area contributed by atoms with Gasteiger partial charge in [-0.05, 0) is 26.3 Å². The fraction of sp³-hybridized carbons (Fsp3) is 1.00. The Morgan fingerprint density at radius 3 is 2.91 bits per heavy atom. The summed E-state index contributed by atoms with van der Waals surface area (Å²) in [5.74, 6) is 0. The monoisotopic (exact) mass is 157 g/mol. The van der Waals surface area contributed by atoms with Crippen LogP contribution >= 0.6 is 0 Å². The Morgan fingerprint density at radius 2 is 2.27 bits per heavy atom. The van der Waals surface area contributed by atoms with E-state index in [1.54, 1.807) is 0 Å². The van der Waals surface area contributed by atoms with Gasteiger partial charge in [-0.2, -0.15) is 0 Å². The molecule has 0 aromatic carbocycles. The fourth-order valence-electron chi connectivity index (χ4n) is 1.82. The van der Waals surface area contributed by atoms with Gasteiger partial charge in [0.2, 0.25) is 0 Å². The van der Waals surface area contributed by atoms with Crippen molar-refractivity contribution in [1.29, 1.82) is 0 Å². The van der Waals surface area contributed by atoms with Gasteiger partial charge in [0.15, 0.2) is 0 Å². The highest BCUT2D eigenvalue weighted by molar-refractivity contribution is 4.78. The minimum absolute atomic E-state index is 0.0391. The van der Waals surface area contributed by atoms with Gasteiger partial charge in [0, 0.05) is 12.6 Å². The second kappa shape index (κ2) is 4.07. The van der Waals surface area contributed by atoms with E-state index in [-0.39, 0.29) is 6.10 Å². The van der Waals surface area contributed by atoms with Crippen molar-refractivity contribution in [2.24, 2.45) is 0 Å². The van der Waals surface area contributed by atoms with Gasteiger partial charge in [0.25, 0.3) is 0 Å². The van der Waals surface area contributed by atoms with Gasteiger partial charge in [-0.15, -0.1) is 0 Å². The Bertz CT molecular complexity index is 116. The zero-order valence-electron chi connectivity index (χ0n) is 7.58. The number of hydrogen-bond donors (Lipinski definition) is 1. The summed E-state index contributed by atoms with van der Waals surface area (Å²) in [6.45, 7) is 3.26. The van der Waals surface area contributed by atoms with Crippen molar-refractivity contribution in [3.63, 3.8) is 0 Å².